The largest absolute Gasteiger partial charge is 0.303 e. The number of carbonyl (C=O) groups excluding carboxylic acids is 3. The number of aldehydes is 1. The average Bonchev–Trinajstić information content (AvgIpc) is 2.38. The molecule has 1 atom stereocenters. The van der Waals surface area contributed by atoms with Gasteiger partial charge in [0.25, 0.3) is 0 Å². The highest BCUT2D eigenvalue weighted by atomic mass is 16.2. The van der Waals surface area contributed by atoms with E-state index in [1.165, 1.54) is 4.90 Å². The fourth-order valence-corrected chi connectivity index (χ4v) is 1.58. The number of hydrogen-bond donors (Lipinski definition) is 0. The van der Waals surface area contributed by atoms with Crippen molar-refractivity contribution in [2.75, 3.05) is 6.54 Å². The first kappa shape index (κ1) is 10.9. The third-order valence-electron chi connectivity index (χ3n) is 2.42. The van der Waals surface area contributed by atoms with E-state index in [1.54, 1.807) is 6.92 Å². The lowest BCUT2D eigenvalue weighted by Crippen LogP contribution is -2.31. The molecule has 4 heteroatoms. The number of hydrogen-bond acceptors (Lipinski definition) is 3. The minimum atomic E-state index is -0.159. The third kappa shape index (κ3) is 2.40. The van der Waals surface area contributed by atoms with Gasteiger partial charge in [-0.25, -0.2) is 0 Å². The summed E-state index contributed by atoms with van der Waals surface area (Å²) in [5.41, 5.74) is 0. The molecule has 1 aliphatic rings. The van der Waals surface area contributed by atoms with Gasteiger partial charge in [-0.1, -0.05) is 6.92 Å². The van der Waals surface area contributed by atoms with Crippen LogP contribution in [-0.4, -0.2) is 29.5 Å². The Hall–Kier alpha value is -1.19. The Morgan fingerprint density at radius 3 is 2.64 bits per heavy atom. The Balaban J connectivity index is 2.33. The van der Waals surface area contributed by atoms with E-state index in [9.17, 15) is 14.4 Å². The predicted molar refractivity (Wildman–Crippen MR) is 50.4 cm³/mol. The summed E-state index contributed by atoms with van der Waals surface area (Å²) in [6.45, 7) is 2.24. The molecule has 1 fully saturated rings. The summed E-state index contributed by atoms with van der Waals surface area (Å²) < 4.78 is 0. The summed E-state index contributed by atoms with van der Waals surface area (Å²) in [5, 5.41) is 0. The van der Waals surface area contributed by atoms with Gasteiger partial charge in [0.15, 0.2) is 0 Å². The van der Waals surface area contributed by atoms with E-state index >= 15 is 0 Å². The lowest BCUT2D eigenvalue weighted by atomic mass is 10.1. The van der Waals surface area contributed by atoms with Crippen molar-refractivity contribution in [2.45, 2.75) is 32.6 Å². The number of unbranched alkanes of at least 4 members (excludes halogenated alkanes) is 2. The van der Waals surface area contributed by atoms with Crippen molar-refractivity contribution < 1.29 is 14.4 Å². The molecular formula is C10H15NO3. The molecule has 1 saturated heterocycles. The van der Waals surface area contributed by atoms with Crippen LogP contribution >= 0.6 is 0 Å². The molecule has 0 bridgehead atoms. The maximum atomic E-state index is 11.4. The van der Waals surface area contributed by atoms with Gasteiger partial charge in [-0.05, 0) is 12.8 Å². The number of imide groups is 1. The van der Waals surface area contributed by atoms with E-state index in [-0.39, 0.29) is 17.7 Å². The third-order valence-corrected chi connectivity index (χ3v) is 2.42. The van der Waals surface area contributed by atoms with Crippen LogP contribution in [0.15, 0.2) is 0 Å². The molecule has 1 rings (SSSR count). The Morgan fingerprint density at radius 1 is 1.43 bits per heavy atom. The summed E-state index contributed by atoms with van der Waals surface area (Å²) in [7, 11) is 0. The SMILES string of the molecule is CC1CC(=O)N(CCCCC=O)C1=O. The van der Waals surface area contributed by atoms with E-state index in [2.05, 4.69) is 0 Å². The van der Waals surface area contributed by atoms with Gasteiger partial charge in [-0.3, -0.25) is 14.5 Å². The van der Waals surface area contributed by atoms with E-state index in [0.29, 0.717) is 19.4 Å². The molecule has 0 spiro atoms. The minimum Gasteiger partial charge on any atom is -0.303 e. The zero-order valence-electron chi connectivity index (χ0n) is 8.36. The molecule has 2 amide bonds. The minimum absolute atomic E-state index is 0.0684. The summed E-state index contributed by atoms with van der Waals surface area (Å²) >= 11 is 0. The molecule has 0 saturated carbocycles. The smallest absolute Gasteiger partial charge is 0.232 e. The molecule has 4 nitrogen and oxygen atoms in total. The molecule has 1 unspecified atom stereocenters. The van der Waals surface area contributed by atoms with Crippen LogP contribution in [0, 0.1) is 5.92 Å². The van der Waals surface area contributed by atoms with Crippen LogP contribution < -0.4 is 0 Å². The molecule has 14 heavy (non-hydrogen) atoms. The number of carbonyl (C=O) groups is 3. The Kier molecular flexibility index (Phi) is 3.80. The van der Waals surface area contributed by atoms with Gasteiger partial charge in [-0.2, -0.15) is 0 Å². The normalized spacial score (nSPS) is 21.8. The fourth-order valence-electron chi connectivity index (χ4n) is 1.58. The van der Waals surface area contributed by atoms with Gasteiger partial charge in [0.1, 0.15) is 6.29 Å². The summed E-state index contributed by atoms with van der Waals surface area (Å²) in [5.74, 6) is -0.303. The predicted octanol–water partition coefficient (Wildman–Crippen LogP) is 0.751. The summed E-state index contributed by atoms with van der Waals surface area (Å²) in [6.07, 6.45) is 3.17. The fraction of sp³-hybridized carbons (Fsp3) is 0.700. The molecule has 1 heterocycles. The van der Waals surface area contributed by atoms with E-state index in [1.807, 2.05) is 0 Å². The number of amides is 2. The Bertz CT molecular complexity index is 250. The molecule has 78 valence electrons. The molecule has 0 N–H and O–H groups in total. The van der Waals surface area contributed by atoms with Crippen molar-refractivity contribution in [3.63, 3.8) is 0 Å². The van der Waals surface area contributed by atoms with Crippen molar-refractivity contribution in [2.24, 2.45) is 5.92 Å². The van der Waals surface area contributed by atoms with Gasteiger partial charge in [0, 0.05) is 25.3 Å². The zero-order valence-corrected chi connectivity index (χ0v) is 8.36. The highest BCUT2D eigenvalue weighted by molar-refractivity contribution is 6.03. The van der Waals surface area contributed by atoms with E-state index < -0.39 is 0 Å². The summed E-state index contributed by atoms with van der Waals surface area (Å²) in [4.78, 5) is 34.1. The zero-order chi connectivity index (χ0) is 10.6. The molecular weight excluding hydrogens is 182 g/mol. The number of rotatable bonds is 5. The van der Waals surface area contributed by atoms with Crippen LogP contribution in [-0.2, 0) is 14.4 Å². The first-order valence-corrected chi connectivity index (χ1v) is 4.94. The van der Waals surface area contributed by atoms with Crippen molar-refractivity contribution in [3.8, 4) is 0 Å². The van der Waals surface area contributed by atoms with Gasteiger partial charge in [-0.15, -0.1) is 0 Å². The van der Waals surface area contributed by atoms with Crippen LogP contribution in [0.25, 0.3) is 0 Å². The van der Waals surface area contributed by atoms with E-state index in [0.717, 1.165) is 19.1 Å². The standard InChI is InChI=1S/C10H15NO3/c1-8-7-9(13)11(10(8)14)5-3-2-4-6-12/h6,8H,2-5,7H2,1H3. The lowest BCUT2D eigenvalue weighted by molar-refractivity contribution is -0.139. The topological polar surface area (TPSA) is 54.5 Å². The van der Waals surface area contributed by atoms with E-state index in [4.69, 9.17) is 0 Å². The molecule has 0 aromatic carbocycles. The second-order valence-electron chi connectivity index (χ2n) is 3.65. The monoisotopic (exact) mass is 197 g/mol. The summed E-state index contributed by atoms with van der Waals surface area (Å²) in [6, 6.07) is 0. The molecule has 0 aliphatic carbocycles. The first-order chi connectivity index (χ1) is 6.66. The number of likely N-dealkylation sites (tertiary alicyclic amines) is 1. The quantitative estimate of drug-likeness (QED) is 0.371. The highest BCUT2D eigenvalue weighted by Gasteiger charge is 2.34. The van der Waals surface area contributed by atoms with Gasteiger partial charge in [0.05, 0.1) is 0 Å². The maximum absolute atomic E-state index is 11.4. The van der Waals surface area contributed by atoms with Crippen molar-refractivity contribution in [1.82, 2.24) is 4.90 Å². The van der Waals surface area contributed by atoms with Gasteiger partial charge >= 0.3 is 0 Å². The Labute approximate surface area is 83.3 Å². The van der Waals surface area contributed by atoms with Crippen LogP contribution in [0.5, 0.6) is 0 Å². The molecule has 0 radical (unpaired) electrons. The second-order valence-corrected chi connectivity index (χ2v) is 3.65. The van der Waals surface area contributed by atoms with Crippen LogP contribution in [0.2, 0.25) is 0 Å². The maximum Gasteiger partial charge on any atom is 0.232 e. The molecule has 0 aromatic heterocycles. The highest BCUT2D eigenvalue weighted by Crippen LogP contribution is 2.18. The number of nitrogens with zero attached hydrogens (tertiary/aromatic N) is 1. The van der Waals surface area contributed by atoms with Crippen LogP contribution in [0.4, 0.5) is 0 Å². The van der Waals surface area contributed by atoms with Gasteiger partial charge in [0.2, 0.25) is 11.8 Å². The van der Waals surface area contributed by atoms with Crippen LogP contribution in [0.3, 0.4) is 0 Å². The molecule has 0 aromatic rings. The van der Waals surface area contributed by atoms with Gasteiger partial charge < -0.3 is 4.79 Å². The molecule has 1 aliphatic heterocycles. The van der Waals surface area contributed by atoms with Crippen molar-refractivity contribution in [1.29, 1.82) is 0 Å². The van der Waals surface area contributed by atoms with Crippen molar-refractivity contribution >= 4 is 18.1 Å². The van der Waals surface area contributed by atoms with Crippen molar-refractivity contribution in [3.05, 3.63) is 0 Å². The van der Waals surface area contributed by atoms with Crippen LogP contribution in [0.1, 0.15) is 32.6 Å². The average molecular weight is 197 g/mol. The first-order valence-electron chi connectivity index (χ1n) is 4.94. The Morgan fingerprint density at radius 2 is 2.14 bits per heavy atom. The lowest BCUT2D eigenvalue weighted by Gasteiger charge is -2.13. The second kappa shape index (κ2) is 4.88.